The van der Waals surface area contributed by atoms with Crippen LogP contribution in [0.3, 0.4) is 0 Å². The number of carbonyl (C=O) groups excluding carboxylic acids is 1. The molecular weight excluding hydrogens is 283 g/mol. The Morgan fingerprint density at radius 3 is 2.55 bits per heavy atom. The van der Waals surface area contributed by atoms with Gasteiger partial charge in [-0.3, -0.25) is 4.79 Å². The number of rotatable bonds is 3. The average molecular weight is 300 g/mol. The first-order valence-corrected chi connectivity index (χ1v) is 7.36. The number of benzene rings is 1. The second kappa shape index (κ2) is 6.51. The minimum atomic E-state index is -0.340. The van der Waals surface area contributed by atoms with Crippen LogP contribution < -0.4 is 10.2 Å². The van der Waals surface area contributed by atoms with Gasteiger partial charge in [0, 0.05) is 24.8 Å². The van der Waals surface area contributed by atoms with Gasteiger partial charge in [-0.15, -0.1) is 0 Å². The van der Waals surface area contributed by atoms with Gasteiger partial charge in [0.1, 0.15) is 23.7 Å². The van der Waals surface area contributed by atoms with Crippen molar-refractivity contribution >= 4 is 17.4 Å². The van der Waals surface area contributed by atoms with Crippen LogP contribution in [0.4, 0.5) is 15.9 Å². The molecule has 1 aromatic heterocycles. The Morgan fingerprint density at radius 1 is 1.09 bits per heavy atom. The van der Waals surface area contributed by atoms with Crippen LogP contribution in [0.15, 0.2) is 36.7 Å². The SMILES string of the molecule is O=C(Nc1ccc(F)cc1)c1cc(N2CCCCC2)ncn1. The fourth-order valence-corrected chi connectivity index (χ4v) is 2.50. The number of aromatic nitrogens is 2. The molecule has 114 valence electrons. The van der Waals surface area contributed by atoms with Crippen LogP contribution in [0.5, 0.6) is 0 Å². The molecule has 0 saturated carbocycles. The van der Waals surface area contributed by atoms with Crippen molar-refractivity contribution in [2.24, 2.45) is 0 Å². The Morgan fingerprint density at radius 2 is 1.82 bits per heavy atom. The predicted octanol–water partition coefficient (Wildman–Crippen LogP) is 2.86. The molecule has 3 rings (SSSR count). The summed E-state index contributed by atoms with van der Waals surface area (Å²) >= 11 is 0. The number of nitrogens with zero attached hydrogens (tertiary/aromatic N) is 3. The summed E-state index contributed by atoms with van der Waals surface area (Å²) in [4.78, 5) is 22.7. The van der Waals surface area contributed by atoms with Crippen molar-refractivity contribution in [2.45, 2.75) is 19.3 Å². The number of anilines is 2. The molecule has 5 nitrogen and oxygen atoms in total. The third kappa shape index (κ3) is 3.39. The van der Waals surface area contributed by atoms with Gasteiger partial charge in [-0.25, -0.2) is 14.4 Å². The van der Waals surface area contributed by atoms with Gasteiger partial charge in [0.2, 0.25) is 0 Å². The molecule has 0 radical (unpaired) electrons. The fourth-order valence-electron chi connectivity index (χ4n) is 2.50. The highest BCUT2D eigenvalue weighted by Gasteiger charge is 2.15. The van der Waals surface area contributed by atoms with Gasteiger partial charge >= 0.3 is 0 Å². The van der Waals surface area contributed by atoms with Crippen molar-refractivity contribution in [3.8, 4) is 0 Å². The van der Waals surface area contributed by atoms with E-state index in [2.05, 4.69) is 20.2 Å². The highest BCUT2D eigenvalue weighted by Crippen LogP contribution is 2.18. The summed E-state index contributed by atoms with van der Waals surface area (Å²) in [6.45, 7) is 1.91. The van der Waals surface area contributed by atoms with E-state index >= 15 is 0 Å². The molecule has 1 aliphatic rings. The van der Waals surface area contributed by atoms with Crippen LogP contribution in [-0.2, 0) is 0 Å². The smallest absolute Gasteiger partial charge is 0.274 e. The molecule has 0 spiro atoms. The maximum Gasteiger partial charge on any atom is 0.274 e. The Balaban J connectivity index is 1.73. The summed E-state index contributed by atoms with van der Waals surface area (Å²) < 4.78 is 12.9. The molecule has 0 bridgehead atoms. The topological polar surface area (TPSA) is 58.1 Å². The van der Waals surface area contributed by atoms with Crippen LogP contribution >= 0.6 is 0 Å². The average Bonchev–Trinajstić information content (AvgIpc) is 2.58. The minimum Gasteiger partial charge on any atom is -0.357 e. The van der Waals surface area contributed by atoms with Crippen molar-refractivity contribution < 1.29 is 9.18 Å². The van der Waals surface area contributed by atoms with E-state index in [9.17, 15) is 9.18 Å². The van der Waals surface area contributed by atoms with E-state index in [0.29, 0.717) is 11.4 Å². The molecule has 1 aliphatic heterocycles. The Labute approximate surface area is 128 Å². The molecule has 0 atom stereocenters. The zero-order valence-corrected chi connectivity index (χ0v) is 12.1. The maximum atomic E-state index is 12.9. The Kier molecular flexibility index (Phi) is 4.27. The fraction of sp³-hybridized carbons (Fsp3) is 0.312. The monoisotopic (exact) mass is 300 g/mol. The zero-order valence-electron chi connectivity index (χ0n) is 12.1. The maximum absolute atomic E-state index is 12.9. The summed E-state index contributed by atoms with van der Waals surface area (Å²) in [5.41, 5.74) is 0.837. The largest absolute Gasteiger partial charge is 0.357 e. The van der Waals surface area contributed by atoms with Crippen LogP contribution in [0, 0.1) is 5.82 Å². The van der Waals surface area contributed by atoms with E-state index in [-0.39, 0.29) is 11.7 Å². The van der Waals surface area contributed by atoms with Crippen molar-refractivity contribution in [2.75, 3.05) is 23.3 Å². The van der Waals surface area contributed by atoms with Gasteiger partial charge in [-0.05, 0) is 43.5 Å². The second-order valence-electron chi connectivity index (χ2n) is 5.27. The first-order chi connectivity index (χ1) is 10.7. The lowest BCUT2D eigenvalue weighted by atomic mass is 10.1. The molecule has 2 aromatic rings. The molecule has 1 amide bonds. The van der Waals surface area contributed by atoms with Crippen molar-refractivity contribution in [3.63, 3.8) is 0 Å². The lowest BCUT2D eigenvalue weighted by Gasteiger charge is -2.27. The van der Waals surface area contributed by atoms with Gasteiger partial charge in [-0.2, -0.15) is 0 Å². The summed E-state index contributed by atoms with van der Waals surface area (Å²) in [5.74, 6) is 0.110. The van der Waals surface area contributed by atoms with Gasteiger partial charge < -0.3 is 10.2 Å². The van der Waals surface area contributed by atoms with Crippen LogP contribution in [0.25, 0.3) is 0 Å². The molecule has 1 N–H and O–H groups in total. The quantitative estimate of drug-likeness (QED) is 0.947. The molecule has 1 aromatic carbocycles. The molecule has 2 heterocycles. The van der Waals surface area contributed by atoms with Gasteiger partial charge in [0.15, 0.2) is 0 Å². The van der Waals surface area contributed by atoms with E-state index < -0.39 is 0 Å². The number of halogens is 1. The van der Waals surface area contributed by atoms with Crippen molar-refractivity contribution in [3.05, 3.63) is 48.2 Å². The Bertz CT molecular complexity index is 653. The lowest BCUT2D eigenvalue weighted by Crippen LogP contribution is -2.30. The zero-order chi connectivity index (χ0) is 15.4. The number of piperidine rings is 1. The summed E-state index contributed by atoms with van der Waals surface area (Å²) in [6, 6.07) is 7.33. The molecule has 1 saturated heterocycles. The molecular formula is C16H17FN4O. The van der Waals surface area contributed by atoms with Crippen LogP contribution in [-0.4, -0.2) is 29.0 Å². The van der Waals surface area contributed by atoms with Gasteiger partial charge in [0.05, 0.1) is 0 Å². The van der Waals surface area contributed by atoms with E-state index in [1.54, 1.807) is 6.07 Å². The summed E-state index contributed by atoms with van der Waals surface area (Å²) in [7, 11) is 0. The van der Waals surface area contributed by atoms with E-state index in [1.807, 2.05) is 0 Å². The number of hydrogen-bond acceptors (Lipinski definition) is 4. The highest BCUT2D eigenvalue weighted by molar-refractivity contribution is 6.03. The summed E-state index contributed by atoms with van der Waals surface area (Å²) in [6.07, 6.45) is 4.92. The number of hydrogen-bond donors (Lipinski definition) is 1. The molecule has 22 heavy (non-hydrogen) atoms. The third-order valence-corrected chi connectivity index (χ3v) is 3.67. The number of amides is 1. The van der Waals surface area contributed by atoms with Crippen LogP contribution in [0.2, 0.25) is 0 Å². The van der Waals surface area contributed by atoms with Crippen LogP contribution in [0.1, 0.15) is 29.8 Å². The Hall–Kier alpha value is -2.50. The number of carbonyl (C=O) groups is 1. The molecule has 1 fully saturated rings. The third-order valence-electron chi connectivity index (χ3n) is 3.67. The highest BCUT2D eigenvalue weighted by atomic mass is 19.1. The van der Waals surface area contributed by atoms with E-state index in [1.165, 1.54) is 37.0 Å². The normalized spacial score (nSPS) is 14.7. The van der Waals surface area contributed by atoms with Gasteiger partial charge in [-0.1, -0.05) is 0 Å². The number of nitrogens with one attached hydrogen (secondary N) is 1. The summed E-state index contributed by atoms with van der Waals surface area (Å²) in [5, 5.41) is 2.70. The minimum absolute atomic E-state index is 0.305. The van der Waals surface area contributed by atoms with E-state index in [4.69, 9.17) is 0 Å². The second-order valence-corrected chi connectivity index (χ2v) is 5.27. The van der Waals surface area contributed by atoms with Gasteiger partial charge in [0.25, 0.3) is 5.91 Å². The van der Waals surface area contributed by atoms with E-state index in [0.717, 1.165) is 31.7 Å². The first-order valence-electron chi connectivity index (χ1n) is 7.36. The van der Waals surface area contributed by atoms with Crippen molar-refractivity contribution in [1.82, 2.24) is 9.97 Å². The molecule has 6 heteroatoms. The predicted molar refractivity (Wildman–Crippen MR) is 82.4 cm³/mol. The van der Waals surface area contributed by atoms with Crippen molar-refractivity contribution in [1.29, 1.82) is 0 Å². The molecule has 0 unspecified atom stereocenters. The molecule has 0 aliphatic carbocycles. The lowest BCUT2D eigenvalue weighted by molar-refractivity contribution is 0.102. The standard InChI is InChI=1S/C16H17FN4O/c17-12-4-6-13(7-5-12)20-16(22)14-10-15(19-11-18-14)21-8-2-1-3-9-21/h4-7,10-11H,1-3,8-9H2,(H,20,22). The first kappa shape index (κ1) is 14.4.